The van der Waals surface area contributed by atoms with Gasteiger partial charge < -0.3 is 5.32 Å². The molecule has 1 amide bonds. The fraction of sp³-hybridized carbons (Fsp3) is 0.167. The second kappa shape index (κ2) is 10.7. The number of aliphatic imine (C=N–C) groups is 1. The number of carbonyl (C=O) groups excluding carboxylic acids is 1. The van der Waals surface area contributed by atoms with Crippen molar-refractivity contribution in [2.45, 2.75) is 18.4 Å². The van der Waals surface area contributed by atoms with Crippen molar-refractivity contribution in [2.75, 3.05) is 19.5 Å². The van der Waals surface area contributed by atoms with E-state index in [9.17, 15) is 18.1 Å². The van der Waals surface area contributed by atoms with Crippen LogP contribution in [-0.2, 0) is 21.4 Å². The minimum absolute atomic E-state index is 0.00558. The maximum absolute atomic E-state index is 12.6. The second-order valence-corrected chi connectivity index (χ2v) is 8.95. The molecule has 9 nitrogen and oxygen atoms in total. The van der Waals surface area contributed by atoms with Gasteiger partial charge in [0.15, 0.2) is 7.11 Å². The summed E-state index contributed by atoms with van der Waals surface area (Å²) in [5, 5.41) is 2.93. The maximum Gasteiger partial charge on any atom is 0.339 e. The van der Waals surface area contributed by atoms with Crippen LogP contribution in [0.15, 0.2) is 82.7 Å². The highest BCUT2D eigenvalue weighted by molar-refractivity contribution is 7.90. The van der Waals surface area contributed by atoms with Gasteiger partial charge in [0.25, 0.3) is 20.9 Å². The van der Waals surface area contributed by atoms with Gasteiger partial charge in [-0.1, -0.05) is 36.4 Å². The van der Waals surface area contributed by atoms with Gasteiger partial charge in [-0.2, -0.15) is 0 Å². The van der Waals surface area contributed by atoms with Crippen molar-refractivity contribution in [3.8, 4) is 0 Å². The molecule has 0 heterocycles. The Bertz CT molecular complexity index is 1340. The zero-order valence-corrected chi connectivity index (χ0v) is 19.8. The first kappa shape index (κ1) is 24.6. The summed E-state index contributed by atoms with van der Waals surface area (Å²) in [6.07, 6.45) is 0. The smallest absolute Gasteiger partial charge is 0.339 e. The summed E-state index contributed by atoms with van der Waals surface area (Å²) < 4.78 is 27.0. The second-order valence-electron chi connectivity index (χ2n) is 7.27. The molecule has 0 aliphatic carbocycles. The van der Waals surface area contributed by atoms with Gasteiger partial charge >= 0.3 is 5.69 Å². The normalized spacial score (nSPS) is 11.6. The average molecular weight is 482 g/mol. The van der Waals surface area contributed by atoms with Crippen LogP contribution >= 0.6 is 0 Å². The Morgan fingerprint density at radius 1 is 1.00 bits per heavy atom. The number of benzene rings is 3. The van der Waals surface area contributed by atoms with Crippen molar-refractivity contribution in [2.24, 2.45) is 4.99 Å². The molecule has 0 radical (unpaired) electrons. The Morgan fingerprint density at radius 2 is 1.71 bits per heavy atom. The van der Waals surface area contributed by atoms with Gasteiger partial charge in [-0.15, -0.1) is 0 Å². The summed E-state index contributed by atoms with van der Waals surface area (Å²) in [6, 6.07) is 19.5. The molecular weight excluding hydrogens is 456 g/mol. The number of nitrogens with one attached hydrogen (secondary N) is 2. The highest BCUT2D eigenvalue weighted by atomic mass is 32.2. The van der Waals surface area contributed by atoms with Crippen LogP contribution in [0.3, 0.4) is 0 Å². The molecule has 0 unspecified atom stereocenters. The van der Waals surface area contributed by atoms with E-state index >= 15 is 0 Å². The maximum atomic E-state index is 12.6. The summed E-state index contributed by atoms with van der Waals surface area (Å²) in [4.78, 5) is 34.3. The van der Waals surface area contributed by atoms with Crippen LogP contribution in [0.4, 0.5) is 11.4 Å². The van der Waals surface area contributed by atoms with Crippen molar-refractivity contribution < 1.29 is 23.0 Å². The first-order valence-electron chi connectivity index (χ1n) is 10.3. The van der Waals surface area contributed by atoms with E-state index in [4.69, 9.17) is 4.84 Å². The molecule has 3 aromatic carbocycles. The standard InChI is InChI=1S/C24H24N4O5S/c1-17(26-16-18-12-13-22(25-2)23(14-18)28(30)33-3)19-8-7-9-20(15-19)24(29)27-34(31,32)21-10-5-4-6-11-21/h4-15H,16H2,1-3H3,(H-,25,27,29,30)/p+1. The first-order chi connectivity index (χ1) is 16.2. The van der Waals surface area contributed by atoms with Gasteiger partial charge in [0.1, 0.15) is 5.69 Å². The lowest BCUT2D eigenvalue weighted by atomic mass is 10.1. The van der Waals surface area contributed by atoms with E-state index in [1.54, 1.807) is 62.5 Å². The molecule has 0 fully saturated rings. The molecule has 0 aliphatic heterocycles. The molecule has 3 aromatic rings. The molecule has 176 valence electrons. The molecule has 2 N–H and O–H groups in total. The van der Waals surface area contributed by atoms with Crippen LogP contribution in [0, 0.1) is 4.91 Å². The van der Waals surface area contributed by atoms with Gasteiger partial charge in [-0.25, -0.2) is 18.0 Å². The number of hydrogen-bond acceptors (Lipinski definition) is 7. The fourth-order valence-electron chi connectivity index (χ4n) is 3.16. The average Bonchev–Trinajstić information content (AvgIpc) is 2.86. The SMILES string of the molecule is CNc1ccc(CN=C(C)c2cccc(C(=O)NS(=O)(=O)c3ccccc3)c2)cc1[N+](=O)OC. The van der Waals surface area contributed by atoms with E-state index in [0.29, 0.717) is 34.1 Å². The highest BCUT2D eigenvalue weighted by Crippen LogP contribution is 2.26. The predicted molar refractivity (Wildman–Crippen MR) is 130 cm³/mol. The molecule has 0 spiro atoms. The van der Waals surface area contributed by atoms with E-state index in [-0.39, 0.29) is 10.5 Å². The summed E-state index contributed by atoms with van der Waals surface area (Å²) in [5.41, 5.74) is 3.23. The van der Waals surface area contributed by atoms with Crippen molar-refractivity contribution >= 4 is 33.0 Å². The Balaban J connectivity index is 1.77. The van der Waals surface area contributed by atoms with Crippen LogP contribution < -0.4 is 10.0 Å². The van der Waals surface area contributed by atoms with Crippen molar-refractivity contribution in [3.05, 3.63) is 94.4 Å². The lowest BCUT2D eigenvalue weighted by molar-refractivity contribution is -0.736. The van der Waals surface area contributed by atoms with Crippen LogP contribution in [-0.4, -0.2) is 39.1 Å². The zero-order valence-electron chi connectivity index (χ0n) is 19.0. The Labute approximate surface area is 198 Å². The third-order valence-corrected chi connectivity index (χ3v) is 6.36. The lowest BCUT2D eigenvalue weighted by Gasteiger charge is -2.08. The molecule has 0 atom stereocenters. The van der Waals surface area contributed by atoms with Crippen molar-refractivity contribution in [1.29, 1.82) is 0 Å². The molecule has 0 aliphatic rings. The molecule has 34 heavy (non-hydrogen) atoms. The third-order valence-electron chi connectivity index (χ3n) is 5.02. The van der Waals surface area contributed by atoms with Crippen molar-refractivity contribution in [3.63, 3.8) is 0 Å². The third kappa shape index (κ3) is 5.84. The quantitative estimate of drug-likeness (QED) is 0.354. The number of anilines is 1. The van der Waals surface area contributed by atoms with E-state index in [1.807, 2.05) is 6.07 Å². The summed E-state index contributed by atoms with van der Waals surface area (Å²) in [6.45, 7) is 2.08. The predicted octanol–water partition coefficient (Wildman–Crippen LogP) is 3.83. The summed E-state index contributed by atoms with van der Waals surface area (Å²) in [5.74, 6) is -0.735. The number of carbonyl (C=O) groups is 1. The summed E-state index contributed by atoms with van der Waals surface area (Å²) >= 11 is 0. The molecule has 0 saturated heterocycles. The molecule has 3 rings (SSSR count). The largest absolute Gasteiger partial charge is 0.382 e. The van der Waals surface area contributed by atoms with Crippen LogP contribution in [0.1, 0.15) is 28.4 Å². The minimum Gasteiger partial charge on any atom is -0.382 e. The highest BCUT2D eigenvalue weighted by Gasteiger charge is 2.21. The summed E-state index contributed by atoms with van der Waals surface area (Å²) in [7, 11) is -0.987. The van der Waals surface area contributed by atoms with Gasteiger partial charge in [0, 0.05) is 24.4 Å². The van der Waals surface area contributed by atoms with Gasteiger partial charge in [-0.3, -0.25) is 9.79 Å². The van der Waals surface area contributed by atoms with E-state index in [1.165, 1.54) is 25.3 Å². The Hall–Kier alpha value is -4.05. The molecule has 10 heteroatoms. The fourth-order valence-corrected chi connectivity index (χ4v) is 4.16. The number of hydrogen-bond donors (Lipinski definition) is 2. The van der Waals surface area contributed by atoms with E-state index < -0.39 is 15.9 Å². The number of amides is 1. The molecule has 0 bridgehead atoms. The van der Waals surface area contributed by atoms with Gasteiger partial charge in [-0.05, 0) is 48.4 Å². The monoisotopic (exact) mass is 481 g/mol. The molecule has 0 aromatic heterocycles. The molecule has 0 saturated carbocycles. The topological polar surface area (TPSA) is 117 Å². The number of rotatable bonds is 9. The minimum atomic E-state index is -3.98. The van der Waals surface area contributed by atoms with Crippen LogP contribution in [0.5, 0.6) is 0 Å². The number of sulfonamides is 1. The van der Waals surface area contributed by atoms with Gasteiger partial charge in [0.05, 0.1) is 16.3 Å². The van der Waals surface area contributed by atoms with Crippen LogP contribution in [0.25, 0.3) is 0 Å². The van der Waals surface area contributed by atoms with E-state index in [2.05, 4.69) is 15.0 Å². The van der Waals surface area contributed by atoms with Crippen LogP contribution in [0.2, 0.25) is 0 Å². The first-order valence-corrected chi connectivity index (χ1v) is 11.8. The van der Waals surface area contributed by atoms with Crippen molar-refractivity contribution in [1.82, 2.24) is 4.72 Å². The Kier molecular flexibility index (Phi) is 7.75. The number of nitrogens with zero attached hydrogens (tertiary/aromatic N) is 2. The zero-order chi connectivity index (χ0) is 24.7. The van der Waals surface area contributed by atoms with E-state index in [0.717, 1.165) is 5.56 Å². The lowest BCUT2D eigenvalue weighted by Crippen LogP contribution is -2.30. The molecular formula is C24H25N4O5S+. The van der Waals surface area contributed by atoms with Gasteiger partial charge in [0.2, 0.25) is 0 Å². The Morgan fingerprint density at radius 3 is 2.38 bits per heavy atom.